The van der Waals surface area contributed by atoms with Crippen molar-refractivity contribution in [2.24, 2.45) is 0 Å². The third-order valence-corrected chi connectivity index (χ3v) is 2.99. The van der Waals surface area contributed by atoms with Crippen molar-refractivity contribution < 1.29 is 4.79 Å². The second-order valence-corrected chi connectivity index (χ2v) is 5.16. The lowest BCUT2D eigenvalue weighted by molar-refractivity contribution is -0.120. The van der Waals surface area contributed by atoms with E-state index in [0.29, 0.717) is 25.0 Å². The molecule has 3 N–H and O–H groups in total. The van der Waals surface area contributed by atoms with Crippen molar-refractivity contribution in [1.29, 1.82) is 0 Å². The van der Waals surface area contributed by atoms with E-state index in [4.69, 9.17) is 0 Å². The molecule has 6 heteroatoms. The molecule has 1 aliphatic rings. The van der Waals surface area contributed by atoms with Crippen LogP contribution in [0.1, 0.15) is 38.3 Å². The zero-order chi connectivity index (χ0) is 14.4. The van der Waals surface area contributed by atoms with Crippen LogP contribution in [0, 0.1) is 6.92 Å². The molecule has 0 aliphatic heterocycles. The Labute approximate surface area is 119 Å². The zero-order valence-corrected chi connectivity index (χ0v) is 12.2. The van der Waals surface area contributed by atoms with Crippen molar-refractivity contribution in [3.05, 3.63) is 11.8 Å². The maximum Gasteiger partial charge on any atom is 0.224 e. The van der Waals surface area contributed by atoms with Crippen LogP contribution in [0.25, 0.3) is 0 Å². The molecule has 0 bridgehead atoms. The predicted octanol–water partition coefficient (Wildman–Crippen LogP) is 1.69. The van der Waals surface area contributed by atoms with Crippen LogP contribution in [0.4, 0.5) is 11.8 Å². The SMILES string of the molecule is CCCNc1nc(C)cc(NCCC(=O)NC2CC2)n1. The molecule has 0 radical (unpaired) electrons. The minimum Gasteiger partial charge on any atom is -0.369 e. The summed E-state index contributed by atoms with van der Waals surface area (Å²) in [7, 11) is 0. The minimum atomic E-state index is 0.107. The molecule has 0 saturated heterocycles. The molecule has 1 heterocycles. The lowest BCUT2D eigenvalue weighted by Crippen LogP contribution is -2.27. The molecule has 1 aromatic heterocycles. The summed E-state index contributed by atoms with van der Waals surface area (Å²) in [5.41, 5.74) is 0.906. The lowest BCUT2D eigenvalue weighted by Gasteiger charge is -2.09. The van der Waals surface area contributed by atoms with Crippen molar-refractivity contribution in [1.82, 2.24) is 15.3 Å². The van der Waals surface area contributed by atoms with E-state index in [9.17, 15) is 4.79 Å². The van der Waals surface area contributed by atoms with E-state index < -0.39 is 0 Å². The van der Waals surface area contributed by atoms with E-state index >= 15 is 0 Å². The molecule has 0 aromatic carbocycles. The molecule has 0 unspecified atom stereocenters. The highest BCUT2D eigenvalue weighted by Crippen LogP contribution is 2.18. The zero-order valence-electron chi connectivity index (χ0n) is 12.2. The summed E-state index contributed by atoms with van der Waals surface area (Å²) in [5.74, 6) is 1.50. The first-order valence-electron chi connectivity index (χ1n) is 7.30. The average molecular weight is 277 g/mol. The Bertz CT molecular complexity index is 459. The molecule has 1 aliphatic carbocycles. The third kappa shape index (κ3) is 5.03. The van der Waals surface area contributed by atoms with Gasteiger partial charge >= 0.3 is 0 Å². The van der Waals surface area contributed by atoms with Crippen LogP contribution in [0.15, 0.2) is 6.07 Å². The highest BCUT2D eigenvalue weighted by atomic mass is 16.1. The number of hydrogen-bond acceptors (Lipinski definition) is 5. The topological polar surface area (TPSA) is 78.9 Å². The average Bonchev–Trinajstić information content (AvgIpc) is 3.19. The number of rotatable bonds is 8. The van der Waals surface area contributed by atoms with E-state index in [2.05, 4.69) is 32.8 Å². The van der Waals surface area contributed by atoms with Gasteiger partial charge in [0.05, 0.1) is 0 Å². The number of hydrogen-bond donors (Lipinski definition) is 3. The maximum absolute atomic E-state index is 11.6. The number of carbonyl (C=O) groups excluding carboxylic acids is 1. The van der Waals surface area contributed by atoms with Crippen LogP contribution in [0.2, 0.25) is 0 Å². The molecular formula is C14H23N5O. The van der Waals surface area contributed by atoms with Gasteiger partial charge in [-0.2, -0.15) is 4.98 Å². The molecule has 2 rings (SSSR count). The van der Waals surface area contributed by atoms with Gasteiger partial charge in [0, 0.05) is 37.3 Å². The van der Waals surface area contributed by atoms with Crippen molar-refractivity contribution in [3.8, 4) is 0 Å². The Kier molecular flexibility index (Phi) is 5.15. The van der Waals surface area contributed by atoms with Crippen LogP contribution < -0.4 is 16.0 Å². The van der Waals surface area contributed by atoms with Gasteiger partial charge in [0.25, 0.3) is 0 Å². The molecule has 0 atom stereocenters. The van der Waals surface area contributed by atoms with Gasteiger partial charge in [-0.3, -0.25) is 4.79 Å². The Balaban J connectivity index is 1.78. The highest BCUT2D eigenvalue weighted by molar-refractivity contribution is 5.77. The van der Waals surface area contributed by atoms with Gasteiger partial charge in [-0.1, -0.05) is 6.92 Å². The Morgan fingerprint density at radius 2 is 2.10 bits per heavy atom. The molecule has 1 amide bonds. The van der Waals surface area contributed by atoms with Crippen molar-refractivity contribution in [2.75, 3.05) is 23.7 Å². The molecule has 0 spiro atoms. The minimum absolute atomic E-state index is 0.107. The molecular weight excluding hydrogens is 254 g/mol. The predicted molar refractivity (Wildman–Crippen MR) is 79.8 cm³/mol. The number of aryl methyl sites for hydroxylation is 1. The molecule has 6 nitrogen and oxygen atoms in total. The van der Waals surface area contributed by atoms with Crippen molar-refractivity contribution >= 4 is 17.7 Å². The monoisotopic (exact) mass is 277 g/mol. The molecule has 1 aromatic rings. The van der Waals surface area contributed by atoms with Gasteiger partial charge in [0.15, 0.2) is 0 Å². The first-order valence-corrected chi connectivity index (χ1v) is 7.30. The normalized spacial score (nSPS) is 13.9. The molecule has 20 heavy (non-hydrogen) atoms. The number of anilines is 2. The molecule has 1 saturated carbocycles. The Morgan fingerprint density at radius 3 is 2.80 bits per heavy atom. The van der Waals surface area contributed by atoms with Crippen molar-refractivity contribution in [3.63, 3.8) is 0 Å². The number of nitrogens with zero attached hydrogens (tertiary/aromatic N) is 2. The summed E-state index contributed by atoms with van der Waals surface area (Å²) in [4.78, 5) is 20.3. The first kappa shape index (κ1) is 14.6. The quantitative estimate of drug-likeness (QED) is 0.674. The van der Waals surface area contributed by atoms with Gasteiger partial charge < -0.3 is 16.0 Å². The second kappa shape index (κ2) is 7.07. The fraction of sp³-hybridized carbons (Fsp3) is 0.643. The van der Waals surface area contributed by atoms with E-state index in [1.165, 1.54) is 0 Å². The summed E-state index contributed by atoms with van der Waals surface area (Å²) in [6.45, 7) is 5.47. The summed E-state index contributed by atoms with van der Waals surface area (Å²) in [6, 6.07) is 2.31. The number of aromatic nitrogens is 2. The first-order chi connectivity index (χ1) is 9.67. The summed E-state index contributed by atoms with van der Waals surface area (Å²) in [5, 5.41) is 9.31. The second-order valence-electron chi connectivity index (χ2n) is 5.16. The van der Waals surface area contributed by atoms with Crippen molar-refractivity contribution in [2.45, 2.75) is 45.6 Å². The van der Waals surface area contributed by atoms with Crippen LogP contribution in [0.5, 0.6) is 0 Å². The lowest BCUT2D eigenvalue weighted by atomic mass is 10.3. The van der Waals surface area contributed by atoms with Crippen LogP contribution in [0.3, 0.4) is 0 Å². The Hall–Kier alpha value is -1.85. The standard InChI is InChI=1S/C14H23N5O/c1-3-7-16-14-17-10(2)9-12(19-14)15-8-6-13(20)18-11-4-5-11/h9,11H,3-8H2,1-2H3,(H,18,20)(H2,15,16,17,19). The third-order valence-electron chi connectivity index (χ3n) is 2.99. The van der Waals surface area contributed by atoms with Gasteiger partial charge in [-0.15, -0.1) is 0 Å². The number of nitrogens with one attached hydrogen (secondary N) is 3. The fourth-order valence-electron chi connectivity index (χ4n) is 1.81. The van der Waals surface area contributed by atoms with Crippen LogP contribution in [-0.4, -0.2) is 35.0 Å². The summed E-state index contributed by atoms with van der Waals surface area (Å²) in [6.07, 6.45) is 3.74. The number of carbonyl (C=O) groups is 1. The van der Waals surface area contributed by atoms with Crippen LogP contribution >= 0.6 is 0 Å². The van der Waals surface area contributed by atoms with E-state index in [0.717, 1.165) is 37.3 Å². The van der Waals surface area contributed by atoms with E-state index in [1.807, 2.05) is 13.0 Å². The largest absolute Gasteiger partial charge is 0.369 e. The van der Waals surface area contributed by atoms with Gasteiger partial charge in [-0.05, 0) is 26.2 Å². The molecule has 110 valence electrons. The maximum atomic E-state index is 11.6. The van der Waals surface area contributed by atoms with Gasteiger partial charge in [-0.25, -0.2) is 4.98 Å². The summed E-state index contributed by atoms with van der Waals surface area (Å²) < 4.78 is 0. The summed E-state index contributed by atoms with van der Waals surface area (Å²) >= 11 is 0. The van der Waals surface area contributed by atoms with Gasteiger partial charge in [0.2, 0.25) is 11.9 Å². The smallest absolute Gasteiger partial charge is 0.224 e. The van der Waals surface area contributed by atoms with Gasteiger partial charge in [0.1, 0.15) is 5.82 Å². The molecule has 1 fully saturated rings. The number of amides is 1. The Morgan fingerprint density at radius 1 is 1.30 bits per heavy atom. The van der Waals surface area contributed by atoms with Crippen LogP contribution in [-0.2, 0) is 4.79 Å². The van der Waals surface area contributed by atoms with E-state index in [1.54, 1.807) is 0 Å². The fourth-order valence-corrected chi connectivity index (χ4v) is 1.81. The highest BCUT2D eigenvalue weighted by Gasteiger charge is 2.22. The van der Waals surface area contributed by atoms with E-state index in [-0.39, 0.29) is 5.91 Å².